The maximum Gasteiger partial charge on any atom is 0.319 e. The highest BCUT2D eigenvalue weighted by atomic mass is 35.5. The van der Waals surface area contributed by atoms with E-state index in [0.717, 1.165) is 43.2 Å². The Balaban J connectivity index is 1.41. The minimum Gasteiger partial charge on any atom is -0.508 e. The Bertz CT molecular complexity index is 1610. The van der Waals surface area contributed by atoms with Gasteiger partial charge in [-0.15, -0.1) is 0 Å². The second-order valence-electron chi connectivity index (χ2n) is 11.2. The van der Waals surface area contributed by atoms with Crippen molar-refractivity contribution in [1.82, 2.24) is 20.2 Å². The summed E-state index contributed by atoms with van der Waals surface area (Å²) < 4.78 is 28.7. The molecule has 2 unspecified atom stereocenters. The third kappa shape index (κ3) is 4.41. The Hall–Kier alpha value is -3.24. The van der Waals surface area contributed by atoms with Gasteiger partial charge in [0.2, 0.25) is 0 Å². The number of rotatable bonds is 5. The smallest absolute Gasteiger partial charge is 0.319 e. The van der Waals surface area contributed by atoms with Crippen LogP contribution >= 0.6 is 11.6 Å². The van der Waals surface area contributed by atoms with Crippen LogP contribution in [0, 0.1) is 5.82 Å². The lowest BCUT2D eigenvalue weighted by Gasteiger charge is -2.34. The number of nitrogens with zero attached hydrogens (tertiary/aromatic N) is 4. The van der Waals surface area contributed by atoms with Crippen molar-refractivity contribution in [2.24, 2.45) is 0 Å². The lowest BCUT2D eigenvalue weighted by Crippen LogP contribution is -2.51. The third-order valence-corrected chi connectivity index (χ3v) is 8.73. The van der Waals surface area contributed by atoms with Gasteiger partial charge in [-0.25, -0.2) is 4.39 Å². The topological polar surface area (TPSA) is 83.0 Å². The molecule has 40 heavy (non-hydrogen) atoms. The van der Waals surface area contributed by atoms with Crippen molar-refractivity contribution >= 4 is 39.1 Å². The van der Waals surface area contributed by atoms with Gasteiger partial charge in [-0.2, -0.15) is 9.97 Å². The van der Waals surface area contributed by atoms with Gasteiger partial charge < -0.3 is 24.8 Å². The van der Waals surface area contributed by atoms with E-state index < -0.39 is 5.82 Å². The van der Waals surface area contributed by atoms with Crippen LogP contribution < -0.4 is 15.0 Å². The summed E-state index contributed by atoms with van der Waals surface area (Å²) in [7, 11) is 3.67. The fraction of sp³-hybridized carbons (Fsp3) is 0.400. The van der Waals surface area contributed by atoms with E-state index in [0.29, 0.717) is 35.4 Å². The molecule has 7 rings (SSSR count). The summed E-state index contributed by atoms with van der Waals surface area (Å²) in [6.07, 6.45) is 1.76. The van der Waals surface area contributed by atoms with Crippen LogP contribution in [0.2, 0.25) is 5.02 Å². The summed E-state index contributed by atoms with van der Waals surface area (Å²) in [5.41, 5.74) is 0.824. The number of phenolic OH excluding ortho intramolecular Hbond substituents is 1. The SMILES string of the molecule is CO[C@@H]1CN(C)C[C@H]1Oc1nc(N2CC3CCC(C2)N3)c2cc(Cl)c(-c3cc(O)cc4ccccc34)c(F)c2n1. The van der Waals surface area contributed by atoms with Crippen molar-refractivity contribution in [3.05, 3.63) is 53.3 Å². The number of aromatic nitrogens is 2. The number of phenols is 1. The van der Waals surface area contributed by atoms with Crippen LogP contribution in [-0.2, 0) is 4.74 Å². The van der Waals surface area contributed by atoms with Crippen LogP contribution in [0.4, 0.5) is 10.2 Å². The molecule has 3 fully saturated rings. The van der Waals surface area contributed by atoms with Gasteiger partial charge in [0.25, 0.3) is 0 Å². The van der Waals surface area contributed by atoms with Crippen molar-refractivity contribution in [2.75, 3.05) is 45.2 Å². The maximum absolute atomic E-state index is 16.7. The number of methoxy groups -OCH3 is 1. The first kappa shape index (κ1) is 25.7. The zero-order valence-electron chi connectivity index (χ0n) is 22.4. The van der Waals surface area contributed by atoms with E-state index in [2.05, 4.69) is 20.1 Å². The largest absolute Gasteiger partial charge is 0.508 e. The average molecular weight is 564 g/mol. The number of hydrogen-bond acceptors (Lipinski definition) is 8. The Morgan fingerprint density at radius 3 is 2.52 bits per heavy atom. The number of benzene rings is 3. The van der Waals surface area contributed by atoms with Crippen molar-refractivity contribution in [3.8, 4) is 22.9 Å². The zero-order valence-corrected chi connectivity index (χ0v) is 23.2. The Morgan fingerprint density at radius 1 is 1.00 bits per heavy atom. The van der Waals surface area contributed by atoms with Crippen molar-refractivity contribution in [2.45, 2.75) is 37.1 Å². The van der Waals surface area contributed by atoms with E-state index in [9.17, 15) is 5.11 Å². The molecule has 3 aliphatic rings. The molecule has 3 saturated heterocycles. The molecule has 4 atom stereocenters. The molecule has 4 heterocycles. The van der Waals surface area contributed by atoms with E-state index in [4.69, 9.17) is 26.1 Å². The van der Waals surface area contributed by atoms with Crippen LogP contribution in [0.25, 0.3) is 32.8 Å². The van der Waals surface area contributed by atoms with Crippen LogP contribution in [0.15, 0.2) is 42.5 Å². The molecule has 3 aromatic carbocycles. The van der Waals surface area contributed by atoms with Gasteiger partial charge in [-0.1, -0.05) is 35.9 Å². The molecular formula is C30H31ClFN5O3. The predicted octanol–water partition coefficient (Wildman–Crippen LogP) is 4.60. The van der Waals surface area contributed by atoms with Crippen LogP contribution in [-0.4, -0.2) is 84.6 Å². The number of aromatic hydroxyl groups is 1. The predicted molar refractivity (Wildman–Crippen MR) is 154 cm³/mol. The highest BCUT2D eigenvalue weighted by Crippen LogP contribution is 2.43. The summed E-state index contributed by atoms with van der Waals surface area (Å²) in [4.78, 5) is 13.8. The number of hydrogen-bond donors (Lipinski definition) is 2. The molecule has 1 aromatic heterocycles. The van der Waals surface area contributed by atoms with Gasteiger partial charge >= 0.3 is 6.01 Å². The molecule has 10 heteroatoms. The Kier molecular flexibility index (Phi) is 6.42. The molecule has 2 bridgehead atoms. The fourth-order valence-corrected chi connectivity index (χ4v) is 6.86. The van der Waals surface area contributed by atoms with Crippen molar-refractivity contribution in [1.29, 1.82) is 0 Å². The molecule has 0 saturated carbocycles. The fourth-order valence-electron chi connectivity index (χ4n) is 6.57. The van der Waals surface area contributed by atoms with E-state index >= 15 is 4.39 Å². The minimum atomic E-state index is -0.573. The van der Waals surface area contributed by atoms with E-state index in [-0.39, 0.29) is 40.1 Å². The Morgan fingerprint density at radius 2 is 1.75 bits per heavy atom. The molecule has 4 aromatic rings. The number of ether oxygens (including phenoxy) is 2. The van der Waals surface area contributed by atoms with E-state index in [1.807, 2.05) is 31.3 Å². The first-order valence-corrected chi connectivity index (χ1v) is 14.1. The van der Waals surface area contributed by atoms with Gasteiger partial charge in [0.05, 0.1) is 5.02 Å². The van der Waals surface area contributed by atoms with Crippen molar-refractivity contribution in [3.63, 3.8) is 0 Å². The number of likely N-dealkylation sites (tertiary alicyclic amines) is 1. The van der Waals surface area contributed by atoms with Crippen LogP contribution in [0.1, 0.15) is 12.8 Å². The summed E-state index contributed by atoms with van der Waals surface area (Å²) in [5.74, 6) is 0.0763. The highest BCUT2D eigenvalue weighted by molar-refractivity contribution is 6.35. The number of nitrogens with one attached hydrogen (secondary N) is 1. The van der Waals surface area contributed by atoms with Crippen LogP contribution in [0.3, 0.4) is 0 Å². The zero-order chi connectivity index (χ0) is 27.5. The third-order valence-electron chi connectivity index (χ3n) is 8.43. The van der Waals surface area contributed by atoms with E-state index in [1.54, 1.807) is 25.3 Å². The summed E-state index contributed by atoms with van der Waals surface area (Å²) >= 11 is 6.85. The average Bonchev–Trinajstić information content (AvgIpc) is 3.47. The molecule has 208 valence electrons. The van der Waals surface area contributed by atoms with Crippen LogP contribution in [0.5, 0.6) is 11.8 Å². The first-order valence-electron chi connectivity index (χ1n) is 13.7. The number of likely N-dealkylation sites (N-methyl/N-ethyl adjacent to an activating group) is 1. The summed E-state index contributed by atoms with van der Waals surface area (Å²) in [5, 5.41) is 16.4. The van der Waals surface area contributed by atoms with Gasteiger partial charge in [0.1, 0.15) is 29.3 Å². The van der Waals surface area contributed by atoms with Gasteiger partial charge in [0, 0.05) is 56.3 Å². The molecule has 2 N–H and O–H groups in total. The summed E-state index contributed by atoms with van der Waals surface area (Å²) in [6.45, 7) is 2.89. The standard InChI is InChI=1S/C30H31ClFN5O3/c1-36-14-24(39-2)25(15-36)40-30-34-28-22(29(35-30)37-12-17-7-8-18(13-37)33-17)11-23(31)26(27(28)32)21-10-19(38)9-16-5-3-4-6-20(16)21/h3-6,9-11,17-18,24-25,33,38H,7-8,12-15H2,1-2H3/t17?,18?,24-,25-/m1/s1. The number of piperazine rings is 1. The molecule has 0 amide bonds. The molecule has 0 spiro atoms. The Labute approximate surface area is 236 Å². The molecular weight excluding hydrogens is 533 g/mol. The lowest BCUT2D eigenvalue weighted by molar-refractivity contribution is 0.0300. The number of halogens is 2. The molecule has 8 nitrogen and oxygen atoms in total. The molecule has 0 aliphatic carbocycles. The van der Waals surface area contributed by atoms with Crippen molar-refractivity contribution < 1.29 is 19.0 Å². The number of fused-ring (bicyclic) bond motifs is 4. The second kappa shape index (κ2) is 9.99. The quantitative estimate of drug-likeness (QED) is 0.365. The monoisotopic (exact) mass is 563 g/mol. The van der Waals surface area contributed by atoms with E-state index in [1.165, 1.54) is 0 Å². The first-order chi connectivity index (χ1) is 19.4. The summed E-state index contributed by atoms with van der Waals surface area (Å²) in [6, 6.07) is 13.3. The maximum atomic E-state index is 16.7. The van der Waals surface area contributed by atoms with Gasteiger partial charge in [-0.3, -0.25) is 4.90 Å². The number of anilines is 1. The minimum absolute atomic E-state index is 0.0314. The van der Waals surface area contributed by atoms with Gasteiger partial charge in [-0.05, 0) is 54.4 Å². The highest BCUT2D eigenvalue weighted by Gasteiger charge is 2.36. The molecule has 3 aliphatic heterocycles. The molecule has 0 radical (unpaired) electrons. The second-order valence-corrected chi connectivity index (χ2v) is 11.6. The lowest BCUT2D eigenvalue weighted by atomic mass is 9.96. The van der Waals surface area contributed by atoms with Gasteiger partial charge in [0.15, 0.2) is 5.82 Å². The normalized spacial score (nSPS) is 24.9.